The number of nitrogens with zero attached hydrogens (tertiary/aromatic N) is 3. The van der Waals surface area contributed by atoms with Gasteiger partial charge < -0.3 is 14.7 Å². The van der Waals surface area contributed by atoms with Crippen LogP contribution in [0.3, 0.4) is 0 Å². The average molecular weight is 463 g/mol. The van der Waals surface area contributed by atoms with Gasteiger partial charge in [0.1, 0.15) is 17.3 Å². The average Bonchev–Trinajstić information content (AvgIpc) is 3.15. The van der Waals surface area contributed by atoms with E-state index in [2.05, 4.69) is 9.97 Å². The number of rotatable bonds is 6. The second kappa shape index (κ2) is 9.61. The molecule has 1 saturated heterocycles. The SMILES string of the molecule is O=C1C(=O)N(Cc2ccncc2)C(c2cccc(Oc3ccccc3)c2)/C1=C(/O)c1ccncc1. The van der Waals surface area contributed by atoms with E-state index < -0.39 is 17.7 Å². The van der Waals surface area contributed by atoms with Crippen molar-refractivity contribution in [1.29, 1.82) is 0 Å². The van der Waals surface area contributed by atoms with Crippen LogP contribution in [0.5, 0.6) is 11.5 Å². The van der Waals surface area contributed by atoms with E-state index in [-0.39, 0.29) is 17.9 Å². The number of para-hydroxylation sites is 1. The van der Waals surface area contributed by atoms with Crippen molar-refractivity contribution in [3.63, 3.8) is 0 Å². The number of aliphatic hydroxyl groups excluding tert-OH is 1. The summed E-state index contributed by atoms with van der Waals surface area (Å²) in [6.45, 7) is 0.175. The van der Waals surface area contributed by atoms with Crippen molar-refractivity contribution >= 4 is 17.4 Å². The molecule has 2 aromatic carbocycles. The highest BCUT2D eigenvalue weighted by molar-refractivity contribution is 6.46. The van der Waals surface area contributed by atoms with E-state index in [0.717, 1.165) is 5.56 Å². The number of hydrogen-bond acceptors (Lipinski definition) is 6. The van der Waals surface area contributed by atoms with E-state index >= 15 is 0 Å². The van der Waals surface area contributed by atoms with Crippen molar-refractivity contribution in [3.05, 3.63) is 126 Å². The second-order valence-corrected chi connectivity index (χ2v) is 8.01. The lowest BCUT2D eigenvalue weighted by Gasteiger charge is -2.25. The predicted molar refractivity (Wildman–Crippen MR) is 129 cm³/mol. The summed E-state index contributed by atoms with van der Waals surface area (Å²) in [5.41, 5.74) is 1.88. The number of pyridine rings is 2. The Labute approximate surface area is 202 Å². The molecule has 1 aliphatic heterocycles. The quantitative estimate of drug-likeness (QED) is 0.249. The molecule has 172 valence electrons. The number of carbonyl (C=O) groups is 2. The smallest absolute Gasteiger partial charge is 0.295 e. The minimum absolute atomic E-state index is 0.0205. The van der Waals surface area contributed by atoms with Crippen molar-refractivity contribution in [2.45, 2.75) is 12.6 Å². The molecule has 0 radical (unpaired) electrons. The van der Waals surface area contributed by atoms with E-state index in [4.69, 9.17) is 4.74 Å². The molecule has 7 nitrogen and oxygen atoms in total. The Hall–Kier alpha value is -4.78. The number of hydrogen-bond donors (Lipinski definition) is 1. The molecule has 0 aliphatic carbocycles. The molecular formula is C28H21N3O4. The normalized spacial score (nSPS) is 16.9. The minimum atomic E-state index is -0.810. The van der Waals surface area contributed by atoms with Crippen LogP contribution in [0.1, 0.15) is 22.7 Å². The molecular weight excluding hydrogens is 442 g/mol. The van der Waals surface area contributed by atoms with E-state index in [0.29, 0.717) is 22.6 Å². The third-order valence-corrected chi connectivity index (χ3v) is 5.75. The first-order valence-electron chi connectivity index (χ1n) is 11.0. The summed E-state index contributed by atoms with van der Waals surface area (Å²) in [4.78, 5) is 35.9. The summed E-state index contributed by atoms with van der Waals surface area (Å²) in [7, 11) is 0. The van der Waals surface area contributed by atoms with Crippen LogP contribution >= 0.6 is 0 Å². The van der Waals surface area contributed by atoms with Gasteiger partial charge in [0.25, 0.3) is 11.7 Å². The molecule has 35 heavy (non-hydrogen) atoms. The first-order chi connectivity index (χ1) is 17.1. The Morgan fingerprint density at radius 2 is 1.49 bits per heavy atom. The van der Waals surface area contributed by atoms with Crippen LogP contribution < -0.4 is 4.74 Å². The summed E-state index contributed by atoms with van der Waals surface area (Å²) in [5.74, 6) is -0.466. The monoisotopic (exact) mass is 463 g/mol. The van der Waals surface area contributed by atoms with Gasteiger partial charge in [0.2, 0.25) is 0 Å². The van der Waals surface area contributed by atoms with E-state index in [9.17, 15) is 14.7 Å². The maximum absolute atomic E-state index is 13.2. The fourth-order valence-electron chi connectivity index (χ4n) is 4.11. The second-order valence-electron chi connectivity index (χ2n) is 8.01. The molecule has 1 aliphatic rings. The van der Waals surface area contributed by atoms with Crippen LogP contribution in [-0.2, 0) is 16.1 Å². The third kappa shape index (κ3) is 4.52. The summed E-state index contributed by atoms with van der Waals surface area (Å²) in [6, 6.07) is 22.5. The molecule has 1 atom stereocenters. The molecule has 3 heterocycles. The molecule has 0 bridgehead atoms. The molecule has 4 aromatic rings. The van der Waals surface area contributed by atoms with Gasteiger partial charge in [-0.15, -0.1) is 0 Å². The number of aliphatic hydroxyl groups is 1. The summed E-state index contributed by atoms with van der Waals surface area (Å²) >= 11 is 0. The van der Waals surface area contributed by atoms with Gasteiger partial charge in [-0.25, -0.2) is 0 Å². The number of carbonyl (C=O) groups excluding carboxylic acids is 2. The molecule has 1 unspecified atom stereocenters. The van der Waals surface area contributed by atoms with Gasteiger partial charge in [-0.2, -0.15) is 0 Å². The van der Waals surface area contributed by atoms with Gasteiger partial charge in [0.15, 0.2) is 0 Å². The van der Waals surface area contributed by atoms with Gasteiger partial charge in [-0.3, -0.25) is 19.6 Å². The zero-order valence-electron chi connectivity index (χ0n) is 18.6. The van der Waals surface area contributed by atoms with Crippen LogP contribution in [0.2, 0.25) is 0 Å². The zero-order chi connectivity index (χ0) is 24.2. The molecule has 1 N–H and O–H groups in total. The number of amides is 1. The lowest BCUT2D eigenvalue weighted by molar-refractivity contribution is -0.140. The van der Waals surface area contributed by atoms with Crippen LogP contribution in [-0.4, -0.2) is 31.7 Å². The van der Waals surface area contributed by atoms with E-state index in [1.54, 1.807) is 54.9 Å². The fourth-order valence-corrected chi connectivity index (χ4v) is 4.11. The van der Waals surface area contributed by atoms with E-state index in [1.165, 1.54) is 17.3 Å². The maximum atomic E-state index is 13.2. The lowest BCUT2D eigenvalue weighted by atomic mass is 9.95. The van der Waals surface area contributed by atoms with Gasteiger partial charge >= 0.3 is 0 Å². The lowest BCUT2D eigenvalue weighted by Crippen LogP contribution is -2.29. The molecule has 5 rings (SSSR count). The van der Waals surface area contributed by atoms with Gasteiger partial charge in [0, 0.05) is 36.9 Å². The van der Waals surface area contributed by atoms with Gasteiger partial charge in [-0.05, 0) is 59.7 Å². The molecule has 0 spiro atoms. The summed E-state index contributed by atoms with van der Waals surface area (Å²) < 4.78 is 5.98. The number of ketones is 1. The van der Waals surface area contributed by atoms with Crippen molar-refractivity contribution in [1.82, 2.24) is 14.9 Å². The standard InChI is InChI=1S/C28H21N3O4/c32-26(20-11-15-30-16-12-20)24-25(31(28(34)27(24)33)18-19-9-13-29-14-10-19)21-5-4-8-23(17-21)35-22-6-2-1-3-7-22/h1-17,25,32H,18H2/b26-24-. The van der Waals surface area contributed by atoms with Crippen molar-refractivity contribution in [3.8, 4) is 11.5 Å². The van der Waals surface area contributed by atoms with Crippen LogP contribution in [0, 0.1) is 0 Å². The molecule has 2 aromatic heterocycles. The highest BCUT2D eigenvalue weighted by atomic mass is 16.5. The number of ether oxygens (including phenoxy) is 1. The van der Waals surface area contributed by atoms with Crippen LogP contribution in [0.4, 0.5) is 0 Å². The van der Waals surface area contributed by atoms with Crippen molar-refractivity contribution in [2.75, 3.05) is 0 Å². The van der Waals surface area contributed by atoms with Crippen LogP contribution in [0.25, 0.3) is 5.76 Å². The first kappa shape index (κ1) is 22.0. The molecule has 7 heteroatoms. The topological polar surface area (TPSA) is 92.6 Å². The fraction of sp³-hybridized carbons (Fsp3) is 0.0714. The Balaban J connectivity index is 1.61. The zero-order valence-corrected chi connectivity index (χ0v) is 18.6. The maximum Gasteiger partial charge on any atom is 0.295 e. The summed E-state index contributed by atoms with van der Waals surface area (Å²) in [6.07, 6.45) is 6.30. The van der Waals surface area contributed by atoms with Gasteiger partial charge in [-0.1, -0.05) is 30.3 Å². The van der Waals surface area contributed by atoms with Gasteiger partial charge in [0.05, 0.1) is 11.6 Å². The Morgan fingerprint density at radius 1 is 0.829 bits per heavy atom. The van der Waals surface area contributed by atoms with Crippen molar-refractivity contribution in [2.24, 2.45) is 0 Å². The van der Waals surface area contributed by atoms with Crippen LogP contribution in [0.15, 0.2) is 109 Å². The number of Topliss-reactive ketones (excluding diaryl/α,β-unsaturated/α-hetero) is 1. The van der Waals surface area contributed by atoms with E-state index in [1.807, 2.05) is 36.4 Å². The minimum Gasteiger partial charge on any atom is -0.507 e. The molecule has 0 saturated carbocycles. The van der Waals surface area contributed by atoms with Crippen molar-refractivity contribution < 1.29 is 19.4 Å². The number of benzene rings is 2. The first-order valence-corrected chi connectivity index (χ1v) is 11.0. The highest BCUT2D eigenvalue weighted by Gasteiger charge is 2.46. The Morgan fingerprint density at radius 3 is 2.20 bits per heavy atom. The highest BCUT2D eigenvalue weighted by Crippen LogP contribution is 2.41. The molecule has 1 amide bonds. The predicted octanol–water partition coefficient (Wildman–Crippen LogP) is 4.89. The molecule has 1 fully saturated rings. The number of likely N-dealkylation sites (tertiary alicyclic amines) is 1. The Bertz CT molecular complexity index is 1390. The largest absolute Gasteiger partial charge is 0.507 e. The Kier molecular flexibility index (Phi) is 6.05. The summed E-state index contributed by atoms with van der Waals surface area (Å²) in [5, 5.41) is 11.1. The number of aromatic nitrogens is 2. The third-order valence-electron chi connectivity index (χ3n) is 5.75.